The SMILES string of the molecule is NC1CC12CCSc1ccc(F)cc12. The van der Waals surface area contributed by atoms with E-state index in [0.29, 0.717) is 0 Å². The molecule has 2 atom stereocenters. The van der Waals surface area contributed by atoms with Crippen LogP contribution in [0.15, 0.2) is 23.1 Å². The minimum atomic E-state index is -0.135. The van der Waals surface area contributed by atoms with E-state index >= 15 is 0 Å². The third kappa shape index (κ3) is 1.06. The number of hydrogen-bond donors (Lipinski definition) is 1. The fourth-order valence-corrected chi connectivity index (χ4v) is 3.69. The van der Waals surface area contributed by atoms with Crippen LogP contribution in [0.2, 0.25) is 0 Å². The molecule has 0 bridgehead atoms. The van der Waals surface area contributed by atoms with Crippen molar-refractivity contribution in [2.24, 2.45) is 5.73 Å². The van der Waals surface area contributed by atoms with Crippen LogP contribution in [0.5, 0.6) is 0 Å². The molecule has 1 heterocycles. The summed E-state index contributed by atoms with van der Waals surface area (Å²) < 4.78 is 13.1. The maximum Gasteiger partial charge on any atom is 0.123 e. The molecule has 1 aliphatic heterocycles. The van der Waals surface area contributed by atoms with E-state index < -0.39 is 0 Å². The molecule has 14 heavy (non-hydrogen) atoms. The molecule has 1 aliphatic carbocycles. The third-order valence-corrected chi connectivity index (χ3v) is 4.49. The second kappa shape index (κ2) is 2.74. The maximum atomic E-state index is 13.1. The van der Waals surface area contributed by atoms with Gasteiger partial charge in [0.05, 0.1) is 0 Å². The summed E-state index contributed by atoms with van der Waals surface area (Å²) in [5.74, 6) is 0.983. The Balaban J connectivity index is 2.14. The predicted octanol–water partition coefficient (Wildman–Crippen LogP) is 2.29. The van der Waals surface area contributed by atoms with Crippen molar-refractivity contribution < 1.29 is 4.39 Å². The summed E-state index contributed by atoms with van der Waals surface area (Å²) in [6.45, 7) is 0. The van der Waals surface area contributed by atoms with Crippen LogP contribution in [-0.2, 0) is 5.41 Å². The second-order valence-electron chi connectivity index (χ2n) is 4.21. The Morgan fingerprint density at radius 3 is 3.00 bits per heavy atom. The molecule has 3 rings (SSSR count). The van der Waals surface area contributed by atoms with Gasteiger partial charge in [0.25, 0.3) is 0 Å². The van der Waals surface area contributed by atoms with Crippen molar-refractivity contribution in [2.45, 2.75) is 29.2 Å². The zero-order valence-corrected chi connectivity index (χ0v) is 8.61. The van der Waals surface area contributed by atoms with E-state index in [1.54, 1.807) is 12.1 Å². The van der Waals surface area contributed by atoms with E-state index in [1.807, 2.05) is 17.8 Å². The second-order valence-corrected chi connectivity index (χ2v) is 5.34. The van der Waals surface area contributed by atoms with Gasteiger partial charge < -0.3 is 5.73 Å². The lowest BCUT2D eigenvalue weighted by atomic mass is 9.91. The van der Waals surface area contributed by atoms with Gasteiger partial charge in [-0.25, -0.2) is 4.39 Å². The Kier molecular flexibility index (Phi) is 1.71. The molecule has 3 heteroatoms. The number of nitrogens with two attached hydrogens (primary N) is 1. The number of fused-ring (bicyclic) bond motifs is 2. The normalized spacial score (nSPS) is 34.3. The average Bonchev–Trinajstić information content (AvgIpc) is 2.80. The van der Waals surface area contributed by atoms with E-state index in [1.165, 1.54) is 4.90 Å². The van der Waals surface area contributed by atoms with Crippen LogP contribution in [0, 0.1) is 5.82 Å². The minimum absolute atomic E-state index is 0.128. The molecule has 1 nitrogen and oxygen atoms in total. The van der Waals surface area contributed by atoms with Crippen LogP contribution >= 0.6 is 11.8 Å². The van der Waals surface area contributed by atoms with Crippen LogP contribution in [-0.4, -0.2) is 11.8 Å². The van der Waals surface area contributed by atoms with E-state index in [4.69, 9.17) is 5.73 Å². The molecule has 1 spiro atoms. The molecule has 0 saturated heterocycles. The molecule has 0 aromatic heterocycles. The molecule has 1 saturated carbocycles. The van der Waals surface area contributed by atoms with Crippen LogP contribution in [0.25, 0.3) is 0 Å². The quantitative estimate of drug-likeness (QED) is 0.709. The van der Waals surface area contributed by atoms with Crippen molar-refractivity contribution in [3.05, 3.63) is 29.6 Å². The molecule has 2 unspecified atom stereocenters. The Labute approximate surface area is 86.9 Å². The summed E-state index contributed by atoms with van der Waals surface area (Å²) in [6, 6.07) is 5.36. The number of rotatable bonds is 0. The van der Waals surface area contributed by atoms with E-state index in [9.17, 15) is 4.39 Å². The summed E-state index contributed by atoms with van der Waals surface area (Å²) in [5, 5.41) is 0. The number of hydrogen-bond acceptors (Lipinski definition) is 2. The van der Waals surface area contributed by atoms with Crippen molar-refractivity contribution in [1.82, 2.24) is 0 Å². The van der Waals surface area contributed by atoms with Gasteiger partial charge in [0.15, 0.2) is 0 Å². The molecule has 0 radical (unpaired) electrons. The molecule has 1 aromatic rings. The monoisotopic (exact) mass is 209 g/mol. The highest BCUT2D eigenvalue weighted by atomic mass is 32.2. The van der Waals surface area contributed by atoms with E-state index in [2.05, 4.69) is 0 Å². The van der Waals surface area contributed by atoms with E-state index in [-0.39, 0.29) is 17.3 Å². The van der Waals surface area contributed by atoms with Gasteiger partial charge in [-0.15, -0.1) is 11.8 Å². The standard InChI is InChI=1S/C11H12FNS/c12-7-1-2-9-8(5-7)11(3-4-14-9)6-10(11)13/h1-2,5,10H,3-4,6,13H2. The fourth-order valence-electron chi connectivity index (χ4n) is 2.43. The Morgan fingerprint density at radius 2 is 2.29 bits per heavy atom. The topological polar surface area (TPSA) is 26.0 Å². The zero-order valence-electron chi connectivity index (χ0n) is 7.79. The van der Waals surface area contributed by atoms with Gasteiger partial charge in [-0.05, 0) is 42.4 Å². The van der Waals surface area contributed by atoms with Gasteiger partial charge >= 0.3 is 0 Å². The van der Waals surface area contributed by atoms with Crippen molar-refractivity contribution in [3.63, 3.8) is 0 Å². The summed E-state index contributed by atoms with van der Waals surface area (Å²) in [4.78, 5) is 1.23. The zero-order chi connectivity index (χ0) is 9.76. The van der Waals surface area contributed by atoms with Crippen molar-refractivity contribution in [2.75, 3.05) is 5.75 Å². The minimum Gasteiger partial charge on any atom is -0.327 e. The Hall–Kier alpha value is -0.540. The largest absolute Gasteiger partial charge is 0.327 e. The summed E-state index contributed by atoms with van der Waals surface area (Å²) in [5.41, 5.74) is 7.25. The molecule has 74 valence electrons. The predicted molar refractivity (Wildman–Crippen MR) is 56.0 cm³/mol. The highest BCUT2D eigenvalue weighted by Gasteiger charge is 2.54. The average molecular weight is 209 g/mol. The van der Waals surface area contributed by atoms with Gasteiger partial charge in [0, 0.05) is 16.4 Å². The van der Waals surface area contributed by atoms with Crippen molar-refractivity contribution in [1.29, 1.82) is 0 Å². The molecule has 1 fully saturated rings. The van der Waals surface area contributed by atoms with Gasteiger partial charge in [-0.2, -0.15) is 0 Å². The fraction of sp³-hybridized carbons (Fsp3) is 0.455. The Morgan fingerprint density at radius 1 is 1.50 bits per heavy atom. The van der Waals surface area contributed by atoms with Gasteiger partial charge in [0.2, 0.25) is 0 Å². The highest BCUT2D eigenvalue weighted by Crippen LogP contribution is 2.56. The van der Waals surface area contributed by atoms with Gasteiger partial charge in [-0.3, -0.25) is 0 Å². The lowest BCUT2D eigenvalue weighted by Gasteiger charge is -2.25. The summed E-state index contributed by atoms with van der Waals surface area (Å²) >= 11 is 1.82. The van der Waals surface area contributed by atoms with Crippen molar-refractivity contribution in [3.8, 4) is 0 Å². The first-order valence-electron chi connectivity index (χ1n) is 4.91. The van der Waals surface area contributed by atoms with Gasteiger partial charge in [0.1, 0.15) is 5.82 Å². The summed E-state index contributed by atoms with van der Waals surface area (Å²) in [6.07, 6.45) is 2.14. The molecule has 0 amide bonds. The number of thioether (sulfide) groups is 1. The third-order valence-electron chi connectivity index (χ3n) is 3.42. The van der Waals surface area contributed by atoms with Crippen LogP contribution < -0.4 is 5.73 Å². The van der Waals surface area contributed by atoms with Crippen LogP contribution in [0.4, 0.5) is 4.39 Å². The summed E-state index contributed by atoms with van der Waals surface area (Å²) in [7, 11) is 0. The first-order chi connectivity index (χ1) is 6.72. The maximum absolute atomic E-state index is 13.1. The highest BCUT2D eigenvalue weighted by molar-refractivity contribution is 7.99. The number of halogens is 1. The molecular formula is C11H12FNS. The first kappa shape index (κ1) is 8.74. The van der Waals surface area contributed by atoms with E-state index in [0.717, 1.165) is 24.2 Å². The molecule has 2 aliphatic rings. The van der Waals surface area contributed by atoms with Gasteiger partial charge in [-0.1, -0.05) is 0 Å². The van der Waals surface area contributed by atoms with Crippen LogP contribution in [0.3, 0.4) is 0 Å². The first-order valence-corrected chi connectivity index (χ1v) is 5.89. The lowest BCUT2D eigenvalue weighted by Crippen LogP contribution is -2.23. The van der Waals surface area contributed by atoms with Crippen molar-refractivity contribution >= 4 is 11.8 Å². The Bertz CT molecular complexity index is 393. The smallest absolute Gasteiger partial charge is 0.123 e. The lowest BCUT2D eigenvalue weighted by molar-refractivity contribution is 0.588. The molecular weight excluding hydrogens is 197 g/mol. The number of benzene rings is 1. The molecule has 1 aromatic carbocycles. The van der Waals surface area contributed by atoms with Crippen LogP contribution in [0.1, 0.15) is 18.4 Å². The molecule has 2 N–H and O–H groups in total.